The van der Waals surface area contributed by atoms with E-state index < -0.39 is 6.61 Å². The zero-order valence-corrected chi connectivity index (χ0v) is 20.1. The van der Waals surface area contributed by atoms with Gasteiger partial charge in [-0.15, -0.1) is 0 Å². The first-order chi connectivity index (χ1) is 16.7. The number of benzene rings is 2. The second-order valence-corrected chi connectivity index (χ2v) is 8.22. The minimum absolute atomic E-state index is 0.0741. The van der Waals surface area contributed by atoms with E-state index in [0.717, 1.165) is 22.4 Å². The summed E-state index contributed by atoms with van der Waals surface area (Å²) in [5, 5.41) is 12.7. The summed E-state index contributed by atoms with van der Waals surface area (Å²) in [5.74, 6) is 0.781. The molecule has 2 amide bonds. The Bertz CT molecular complexity index is 1250. The minimum atomic E-state index is -3.00. The minimum Gasteiger partial charge on any atom is -0.493 e. The van der Waals surface area contributed by atoms with Crippen molar-refractivity contribution in [2.24, 2.45) is 5.10 Å². The summed E-state index contributed by atoms with van der Waals surface area (Å²) < 4.78 is 41.3. The van der Waals surface area contributed by atoms with Gasteiger partial charge in [0.1, 0.15) is 5.76 Å². The van der Waals surface area contributed by atoms with E-state index in [1.54, 1.807) is 6.07 Å². The second-order valence-electron chi connectivity index (χ2n) is 8.22. The number of alkyl halides is 2. The van der Waals surface area contributed by atoms with Crippen LogP contribution < -0.4 is 14.8 Å². The molecule has 1 atom stereocenters. The molecule has 35 heavy (non-hydrogen) atoms. The van der Waals surface area contributed by atoms with E-state index in [0.29, 0.717) is 29.0 Å². The van der Waals surface area contributed by atoms with Gasteiger partial charge in [0.05, 0.1) is 24.6 Å². The fourth-order valence-electron chi connectivity index (χ4n) is 4.27. The summed E-state index contributed by atoms with van der Waals surface area (Å²) >= 11 is 0. The first kappa shape index (κ1) is 24.2. The number of carbonyl (C=O) groups excluding carboxylic acids is 1. The van der Waals surface area contributed by atoms with Crippen LogP contribution in [0.3, 0.4) is 0 Å². The van der Waals surface area contributed by atoms with Gasteiger partial charge in [0.15, 0.2) is 11.5 Å². The van der Waals surface area contributed by atoms with Crippen LogP contribution in [-0.2, 0) is 6.42 Å². The van der Waals surface area contributed by atoms with Gasteiger partial charge in [0.25, 0.3) is 0 Å². The van der Waals surface area contributed by atoms with E-state index in [4.69, 9.17) is 14.4 Å². The predicted octanol–water partition coefficient (Wildman–Crippen LogP) is 4.91. The summed E-state index contributed by atoms with van der Waals surface area (Å²) in [6, 6.07) is 10.0. The number of nitrogens with zero attached hydrogens (tertiary/aromatic N) is 3. The maximum Gasteiger partial charge on any atom is 0.387 e. The molecule has 0 saturated heterocycles. The van der Waals surface area contributed by atoms with Crippen molar-refractivity contribution >= 4 is 11.7 Å². The molecule has 2 aromatic carbocycles. The van der Waals surface area contributed by atoms with Crippen LogP contribution in [0.4, 0.5) is 13.6 Å². The number of carbonyl (C=O) groups is 1. The molecule has 8 nitrogen and oxygen atoms in total. The summed E-state index contributed by atoms with van der Waals surface area (Å²) in [7, 11) is 2.91. The van der Waals surface area contributed by atoms with E-state index in [1.807, 2.05) is 45.0 Å². The highest BCUT2D eigenvalue weighted by molar-refractivity contribution is 6.14. The molecule has 0 spiro atoms. The van der Waals surface area contributed by atoms with Crippen LogP contribution in [0.5, 0.6) is 11.5 Å². The molecule has 1 N–H and O–H groups in total. The van der Waals surface area contributed by atoms with Crippen LogP contribution in [0, 0.1) is 13.8 Å². The molecule has 0 radical (unpaired) electrons. The number of nitrogens with one attached hydrogen (secondary N) is 1. The van der Waals surface area contributed by atoms with Crippen molar-refractivity contribution in [2.45, 2.75) is 39.8 Å². The third kappa shape index (κ3) is 4.68. The highest BCUT2D eigenvalue weighted by atomic mass is 19.3. The number of hydrogen-bond donors (Lipinski definition) is 1. The van der Waals surface area contributed by atoms with E-state index in [-0.39, 0.29) is 23.6 Å². The predicted molar refractivity (Wildman–Crippen MR) is 126 cm³/mol. The van der Waals surface area contributed by atoms with Crippen LogP contribution >= 0.6 is 0 Å². The molecule has 2 heterocycles. The lowest BCUT2D eigenvalue weighted by Gasteiger charge is -2.22. The third-order valence-electron chi connectivity index (χ3n) is 5.90. The number of aryl methyl sites for hydroxylation is 2. The quantitative estimate of drug-likeness (QED) is 0.556. The normalized spacial score (nSPS) is 15.4. The number of hydrogen-bond acceptors (Lipinski definition) is 6. The van der Waals surface area contributed by atoms with Crippen LogP contribution in [-0.4, -0.2) is 48.7 Å². The smallest absolute Gasteiger partial charge is 0.387 e. The van der Waals surface area contributed by atoms with Crippen LogP contribution in [0.15, 0.2) is 46.0 Å². The third-order valence-corrected chi connectivity index (χ3v) is 5.90. The molecule has 0 saturated carbocycles. The van der Waals surface area contributed by atoms with E-state index in [9.17, 15) is 13.6 Å². The molecular weight excluding hydrogens is 458 g/mol. The zero-order chi connectivity index (χ0) is 25.3. The van der Waals surface area contributed by atoms with Crippen molar-refractivity contribution in [1.82, 2.24) is 15.5 Å². The number of methoxy groups -OCH3 is 1. The number of halogens is 2. The van der Waals surface area contributed by atoms with Crippen molar-refractivity contribution in [3.05, 3.63) is 64.5 Å². The molecular formula is C25H26F2N4O4. The largest absolute Gasteiger partial charge is 0.493 e. The van der Waals surface area contributed by atoms with Gasteiger partial charge in [0, 0.05) is 23.7 Å². The SMILES string of the molecule is CNC(=O)N1N=C(c2ccc(-c3c(C)noc3C)cc2)c2cc(OC)c(OC(F)F)cc2CC1C. The molecule has 1 aliphatic heterocycles. The highest BCUT2D eigenvalue weighted by Gasteiger charge is 2.29. The highest BCUT2D eigenvalue weighted by Crippen LogP contribution is 2.36. The van der Waals surface area contributed by atoms with Crippen LogP contribution in [0.2, 0.25) is 0 Å². The Morgan fingerprint density at radius 1 is 1.17 bits per heavy atom. The molecule has 0 fully saturated rings. The Morgan fingerprint density at radius 3 is 2.43 bits per heavy atom. The van der Waals surface area contributed by atoms with Crippen molar-refractivity contribution in [3.63, 3.8) is 0 Å². The fourth-order valence-corrected chi connectivity index (χ4v) is 4.27. The molecule has 1 aliphatic rings. The monoisotopic (exact) mass is 484 g/mol. The number of aromatic nitrogens is 1. The lowest BCUT2D eigenvalue weighted by Crippen LogP contribution is -2.41. The lowest BCUT2D eigenvalue weighted by atomic mass is 9.93. The number of fused-ring (bicyclic) bond motifs is 1. The molecule has 1 unspecified atom stereocenters. The van der Waals surface area contributed by atoms with Gasteiger partial charge in [-0.05, 0) is 50.5 Å². The van der Waals surface area contributed by atoms with E-state index >= 15 is 0 Å². The van der Waals surface area contributed by atoms with Gasteiger partial charge in [-0.1, -0.05) is 29.4 Å². The Labute approximate surface area is 201 Å². The van der Waals surface area contributed by atoms with Crippen molar-refractivity contribution in [2.75, 3.05) is 14.2 Å². The Morgan fingerprint density at radius 2 is 1.86 bits per heavy atom. The zero-order valence-electron chi connectivity index (χ0n) is 20.1. The molecule has 10 heteroatoms. The maximum absolute atomic E-state index is 13.0. The van der Waals surface area contributed by atoms with Crippen molar-refractivity contribution in [1.29, 1.82) is 0 Å². The van der Waals surface area contributed by atoms with Gasteiger partial charge in [-0.25, -0.2) is 9.80 Å². The molecule has 3 aromatic rings. The van der Waals surface area contributed by atoms with Gasteiger partial charge in [-0.3, -0.25) is 0 Å². The van der Waals surface area contributed by atoms with Crippen LogP contribution in [0.1, 0.15) is 35.1 Å². The average Bonchev–Trinajstić information content (AvgIpc) is 3.09. The summed E-state index contributed by atoms with van der Waals surface area (Å²) in [6.45, 7) is 2.56. The molecule has 1 aromatic heterocycles. The van der Waals surface area contributed by atoms with E-state index in [1.165, 1.54) is 25.2 Å². The lowest BCUT2D eigenvalue weighted by molar-refractivity contribution is -0.0512. The van der Waals surface area contributed by atoms with Crippen molar-refractivity contribution < 1.29 is 27.6 Å². The standard InChI is InChI=1S/C25H26F2N4O4/c1-13-10-18-11-21(34-24(26)27)20(33-5)12-19(18)23(29-31(13)25(32)28-4)17-8-6-16(7-9-17)22-14(2)30-35-15(22)3/h6-9,11-13,24H,10H2,1-5H3,(H,28,32). The summed E-state index contributed by atoms with van der Waals surface area (Å²) in [5.41, 5.74) is 5.21. The van der Waals surface area contributed by atoms with Gasteiger partial charge < -0.3 is 19.3 Å². The van der Waals surface area contributed by atoms with Gasteiger partial charge >= 0.3 is 12.6 Å². The average molecular weight is 485 g/mol. The van der Waals surface area contributed by atoms with E-state index in [2.05, 4.69) is 15.2 Å². The molecule has 4 rings (SSSR count). The second kappa shape index (κ2) is 9.73. The molecule has 0 bridgehead atoms. The molecule has 184 valence electrons. The Balaban J connectivity index is 1.86. The number of ether oxygens (including phenoxy) is 2. The number of rotatable bonds is 5. The Hall–Kier alpha value is -3.95. The van der Waals surface area contributed by atoms with Crippen LogP contribution in [0.25, 0.3) is 11.1 Å². The maximum atomic E-state index is 13.0. The first-order valence-corrected chi connectivity index (χ1v) is 11.0. The molecule has 0 aliphatic carbocycles. The number of urea groups is 1. The Kier molecular flexibility index (Phi) is 6.72. The fraction of sp³-hybridized carbons (Fsp3) is 0.320. The number of amides is 2. The summed E-state index contributed by atoms with van der Waals surface area (Å²) in [4.78, 5) is 12.6. The van der Waals surface area contributed by atoms with Gasteiger partial charge in [0.2, 0.25) is 0 Å². The number of hydrazone groups is 1. The van der Waals surface area contributed by atoms with Crippen molar-refractivity contribution in [3.8, 4) is 22.6 Å². The topological polar surface area (TPSA) is 89.2 Å². The summed E-state index contributed by atoms with van der Waals surface area (Å²) in [6.07, 6.45) is 0.372. The first-order valence-electron chi connectivity index (χ1n) is 11.0. The van der Waals surface area contributed by atoms with Gasteiger partial charge in [-0.2, -0.15) is 13.9 Å².